The van der Waals surface area contributed by atoms with Gasteiger partial charge in [0.2, 0.25) is 0 Å². The normalized spacial score (nSPS) is 10.4. The molecule has 0 atom stereocenters. The highest BCUT2D eigenvalue weighted by Crippen LogP contribution is 2.28. The molecule has 4 rings (SSSR count). The molecule has 28 heavy (non-hydrogen) atoms. The van der Waals surface area contributed by atoms with Crippen LogP contribution in [0.4, 0.5) is 4.79 Å². The van der Waals surface area contributed by atoms with Gasteiger partial charge in [-0.2, -0.15) is 0 Å². The minimum Gasteiger partial charge on any atom is -0.456 e. The fraction of sp³-hybridized carbons (Fsp3) is 0.125. The van der Waals surface area contributed by atoms with Gasteiger partial charge in [0.1, 0.15) is 17.8 Å². The molecule has 0 saturated heterocycles. The van der Waals surface area contributed by atoms with E-state index in [0.29, 0.717) is 13.0 Å². The second-order valence-electron chi connectivity index (χ2n) is 6.35. The van der Waals surface area contributed by atoms with Crippen LogP contribution in [0.1, 0.15) is 17.5 Å². The number of nitrogens with one attached hydrogen (secondary N) is 1. The first kappa shape index (κ1) is 17.7. The molecule has 1 aromatic heterocycles. The molecule has 138 valence electrons. The van der Waals surface area contributed by atoms with Gasteiger partial charge in [0.05, 0.1) is 0 Å². The smallest absolute Gasteiger partial charge is 0.407 e. The van der Waals surface area contributed by atoms with Crippen molar-refractivity contribution in [2.75, 3.05) is 6.54 Å². The van der Waals surface area contributed by atoms with Gasteiger partial charge in [-0.3, -0.25) is 0 Å². The SMILES string of the molecule is O=C(NCCC#Cc1ccc2oc3ccccc3c2c1)OCc1ccccc1. The molecular formula is C24H19NO3. The molecule has 0 unspecified atom stereocenters. The third-order valence-corrected chi connectivity index (χ3v) is 4.34. The van der Waals surface area contributed by atoms with E-state index in [9.17, 15) is 4.79 Å². The third-order valence-electron chi connectivity index (χ3n) is 4.34. The highest BCUT2D eigenvalue weighted by Gasteiger charge is 2.06. The van der Waals surface area contributed by atoms with Crippen molar-refractivity contribution in [3.8, 4) is 11.8 Å². The van der Waals surface area contributed by atoms with Crippen LogP contribution in [0, 0.1) is 11.8 Å². The molecule has 4 aromatic rings. The standard InChI is InChI=1S/C24H19NO3/c26-24(27-17-19-9-2-1-3-10-19)25-15-7-6-8-18-13-14-23-21(16-18)20-11-4-5-12-22(20)28-23/h1-5,9-14,16H,7,15,17H2,(H,25,26). The van der Waals surface area contributed by atoms with E-state index >= 15 is 0 Å². The molecule has 4 heteroatoms. The number of hydrogen-bond donors (Lipinski definition) is 1. The first-order chi connectivity index (χ1) is 13.8. The summed E-state index contributed by atoms with van der Waals surface area (Å²) in [5.41, 5.74) is 3.61. The molecule has 0 spiro atoms. The summed E-state index contributed by atoms with van der Waals surface area (Å²) in [6.45, 7) is 0.703. The Labute approximate surface area is 163 Å². The second-order valence-corrected chi connectivity index (χ2v) is 6.35. The van der Waals surface area contributed by atoms with Crippen molar-refractivity contribution in [2.45, 2.75) is 13.0 Å². The van der Waals surface area contributed by atoms with Crippen LogP contribution in [-0.2, 0) is 11.3 Å². The molecule has 3 aromatic carbocycles. The van der Waals surface area contributed by atoms with E-state index in [1.54, 1.807) is 0 Å². The Morgan fingerprint density at radius 1 is 0.929 bits per heavy atom. The van der Waals surface area contributed by atoms with Gasteiger partial charge in [0, 0.05) is 29.3 Å². The van der Waals surface area contributed by atoms with Gasteiger partial charge in [-0.1, -0.05) is 60.4 Å². The number of alkyl carbamates (subject to hydrolysis) is 1. The zero-order chi connectivity index (χ0) is 19.2. The van der Waals surface area contributed by atoms with Crippen LogP contribution in [0.5, 0.6) is 0 Å². The fourth-order valence-corrected chi connectivity index (χ4v) is 2.97. The first-order valence-electron chi connectivity index (χ1n) is 9.14. The second kappa shape index (κ2) is 8.32. The fourth-order valence-electron chi connectivity index (χ4n) is 2.97. The first-order valence-corrected chi connectivity index (χ1v) is 9.14. The monoisotopic (exact) mass is 369 g/mol. The minimum absolute atomic E-state index is 0.261. The number of rotatable bonds is 4. The summed E-state index contributed by atoms with van der Waals surface area (Å²) in [6, 6.07) is 23.5. The summed E-state index contributed by atoms with van der Waals surface area (Å²) in [5, 5.41) is 4.86. The Bertz CT molecular complexity index is 1170. The van der Waals surface area contributed by atoms with Gasteiger partial charge in [-0.25, -0.2) is 4.79 Å². The molecule has 4 nitrogen and oxygen atoms in total. The molecule has 1 amide bonds. The van der Waals surface area contributed by atoms with Crippen molar-refractivity contribution < 1.29 is 13.9 Å². The number of benzene rings is 3. The largest absolute Gasteiger partial charge is 0.456 e. The number of carbonyl (C=O) groups excluding carboxylic acids is 1. The van der Waals surface area contributed by atoms with E-state index in [-0.39, 0.29) is 6.61 Å². The minimum atomic E-state index is -0.433. The Balaban J connectivity index is 1.30. The quantitative estimate of drug-likeness (QED) is 0.395. The lowest BCUT2D eigenvalue weighted by Crippen LogP contribution is -2.24. The van der Waals surface area contributed by atoms with E-state index in [0.717, 1.165) is 33.1 Å². The number of amides is 1. The highest BCUT2D eigenvalue weighted by atomic mass is 16.5. The molecule has 0 fully saturated rings. The summed E-state index contributed by atoms with van der Waals surface area (Å²) in [7, 11) is 0. The van der Waals surface area contributed by atoms with Crippen molar-refractivity contribution in [1.29, 1.82) is 0 Å². The Morgan fingerprint density at radius 3 is 2.61 bits per heavy atom. The van der Waals surface area contributed by atoms with Crippen molar-refractivity contribution >= 4 is 28.0 Å². The molecule has 0 aliphatic carbocycles. The molecule has 0 radical (unpaired) electrons. The number of para-hydroxylation sites is 1. The Morgan fingerprint density at radius 2 is 1.71 bits per heavy atom. The lowest BCUT2D eigenvalue weighted by molar-refractivity contribution is 0.140. The van der Waals surface area contributed by atoms with Crippen molar-refractivity contribution in [2.24, 2.45) is 0 Å². The maximum absolute atomic E-state index is 11.7. The van der Waals surface area contributed by atoms with Crippen LogP contribution < -0.4 is 5.32 Å². The summed E-state index contributed by atoms with van der Waals surface area (Å²) < 4.78 is 11.0. The zero-order valence-corrected chi connectivity index (χ0v) is 15.3. The van der Waals surface area contributed by atoms with Gasteiger partial charge in [0.15, 0.2) is 0 Å². The zero-order valence-electron chi connectivity index (χ0n) is 15.3. The van der Waals surface area contributed by atoms with E-state index in [1.807, 2.05) is 72.8 Å². The highest BCUT2D eigenvalue weighted by molar-refractivity contribution is 6.05. The average Bonchev–Trinajstić information content (AvgIpc) is 3.11. The van der Waals surface area contributed by atoms with Crippen molar-refractivity contribution in [1.82, 2.24) is 5.32 Å². The van der Waals surface area contributed by atoms with Gasteiger partial charge in [-0.15, -0.1) is 0 Å². The van der Waals surface area contributed by atoms with Crippen LogP contribution >= 0.6 is 0 Å². The summed E-state index contributed by atoms with van der Waals surface area (Å²) >= 11 is 0. The predicted octanol–water partition coefficient (Wildman–Crippen LogP) is 5.25. The molecule has 0 aliphatic rings. The number of hydrogen-bond acceptors (Lipinski definition) is 3. The van der Waals surface area contributed by atoms with Crippen LogP contribution in [0.15, 0.2) is 77.2 Å². The Kier molecular flexibility index (Phi) is 5.26. The van der Waals surface area contributed by atoms with E-state index in [1.165, 1.54) is 0 Å². The maximum atomic E-state index is 11.7. The average molecular weight is 369 g/mol. The summed E-state index contributed by atoms with van der Waals surface area (Å²) in [6.07, 6.45) is 0.113. The summed E-state index contributed by atoms with van der Waals surface area (Å²) in [4.78, 5) is 11.7. The van der Waals surface area contributed by atoms with Crippen molar-refractivity contribution in [3.05, 3.63) is 83.9 Å². The van der Waals surface area contributed by atoms with Crippen molar-refractivity contribution in [3.63, 3.8) is 0 Å². The summed E-state index contributed by atoms with van der Waals surface area (Å²) in [5.74, 6) is 6.22. The van der Waals surface area contributed by atoms with Crippen LogP contribution in [0.3, 0.4) is 0 Å². The lowest BCUT2D eigenvalue weighted by atomic mass is 10.1. The van der Waals surface area contributed by atoms with Gasteiger partial charge in [0.25, 0.3) is 0 Å². The lowest BCUT2D eigenvalue weighted by Gasteiger charge is -2.05. The number of furan rings is 1. The molecule has 0 bridgehead atoms. The predicted molar refractivity (Wildman–Crippen MR) is 110 cm³/mol. The van der Waals surface area contributed by atoms with Gasteiger partial charge in [-0.05, 0) is 29.8 Å². The molecular weight excluding hydrogens is 350 g/mol. The van der Waals surface area contributed by atoms with Gasteiger partial charge >= 0.3 is 6.09 Å². The molecule has 1 N–H and O–H groups in total. The van der Waals surface area contributed by atoms with Crippen LogP contribution in [-0.4, -0.2) is 12.6 Å². The molecule has 0 saturated carbocycles. The number of fused-ring (bicyclic) bond motifs is 3. The van der Waals surface area contributed by atoms with Gasteiger partial charge < -0.3 is 14.5 Å². The number of carbonyl (C=O) groups is 1. The molecule has 0 aliphatic heterocycles. The maximum Gasteiger partial charge on any atom is 0.407 e. The number of ether oxygens (including phenoxy) is 1. The van der Waals surface area contributed by atoms with Crippen LogP contribution in [0.2, 0.25) is 0 Å². The van der Waals surface area contributed by atoms with E-state index in [4.69, 9.17) is 9.15 Å². The Hall–Kier alpha value is -3.71. The van der Waals surface area contributed by atoms with Crippen LogP contribution in [0.25, 0.3) is 21.9 Å². The van der Waals surface area contributed by atoms with E-state index < -0.39 is 6.09 Å². The molecule has 1 heterocycles. The topological polar surface area (TPSA) is 51.5 Å². The van der Waals surface area contributed by atoms with E-state index in [2.05, 4.69) is 17.2 Å². The third kappa shape index (κ3) is 4.16.